The number of aliphatic hydroxyl groups excluding tert-OH is 1. The van der Waals surface area contributed by atoms with E-state index in [1.54, 1.807) is 0 Å². The molecule has 5 heteroatoms. The molecule has 1 aliphatic carbocycles. The van der Waals surface area contributed by atoms with Gasteiger partial charge in [0, 0.05) is 32.3 Å². The molecule has 1 aliphatic heterocycles. The molecular weight excluding hydrogens is 290 g/mol. The van der Waals surface area contributed by atoms with Crippen molar-refractivity contribution in [2.24, 2.45) is 17.8 Å². The minimum atomic E-state index is -0.0298. The Balaban J connectivity index is 1.53. The standard InChI is InChI=1S/C18H35N3O2/c1-14-10-15(2)12-21(11-14)9-3-8-19-18(23)20-17-6-4-16(13-22)5-7-17/h14-17,22H,3-13H2,1-2H3,(H2,19,20,23). The quantitative estimate of drug-likeness (QED) is 0.656. The Kier molecular flexibility index (Phi) is 7.63. The second-order valence-corrected chi connectivity index (χ2v) is 7.86. The number of amides is 2. The van der Waals surface area contributed by atoms with Crippen LogP contribution in [0.2, 0.25) is 0 Å². The Morgan fingerprint density at radius 2 is 1.78 bits per heavy atom. The second-order valence-electron chi connectivity index (χ2n) is 7.86. The van der Waals surface area contributed by atoms with Gasteiger partial charge in [0.15, 0.2) is 0 Å². The monoisotopic (exact) mass is 325 g/mol. The zero-order chi connectivity index (χ0) is 16.7. The molecule has 5 nitrogen and oxygen atoms in total. The number of rotatable bonds is 6. The van der Waals surface area contributed by atoms with E-state index in [0.717, 1.165) is 57.0 Å². The molecule has 1 saturated carbocycles. The highest BCUT2D eigenvalue weighted by molar-refractivity contribution is 5.74. The van der Waals surface area contributed by atoms with E-state index in [0.29, 0.717) is 5.92 Å². The number of likely N-dealkylation sites (tertiary alicyclic amines) is 1. The van der Waals surface area contributed by atoms with Crippen LogP contribution in [0.4, 0.5) is 4.79 Å². The van der Waals surface area contributed by atoms with Gasteiger partial charge in [-0.3, -0.25) is 0 Å². The van der Waals surface area contributed by atoms with Gasteiger partial charge in [0.2, 0.25) is 0 Å². The molecular formula is C18H35N3O2. The third-order valence-corrected chi connectivity index (χ3v) is 5.32. The summed E-state index contributed by atoms with van der Waals surface area (Å²) in [5, 5.41) is 15.2. The molecule has 2 unspecified atom stereocenters. The van der Waals surface area contributed by atoms with Gasteiger partial charge in [0.1, 0.15) is 0 Å². The maximum absolute atomic E-state index is 11.9. The maximum atomic E-state index is 11.9. The molecule has 0 bridgehead atoms. The van der Waals surface area contributed by atoms with Crippen molar-refractivity contribution in [3.8, 4) is 0 Å². The molecule has 0 radical (unpaired) electrons. The number of piperidine rings is 1. The highest BCUT2D eigenvalue weighted by atomic mass is 16.3. The predicted molar refractivity (Wildman–Crippen MR) is 93.4 cm³/mol. The molecule has 0 aromatic heterocycles. The van der Waals surface area contributed by atoms with Crippen LogP contribution < -0.4 is 10.6 Å². The van der Waals surface area contributed by atoms with E-state index < -0.39 is 0 Å². The van der Waals surface area contributed by atoms with Crippen LogP contribution in [0.25, 0.3) is 0 Å². The summed E-state index contributed by atoms with van der Waals surface area (Å²) in [4.78, 5) is 14.5. The van der Waals surface area contributed by atoms with Gasteiger partial charge >= 0.3 is 6.03 Å². The Hall–Kier alpha value is -0.810. The molecule has 134 valence electrons. The molecule has 2 atom stereocenters. The molecule has 0 aromatic rings. The first kappa shape index (κ1) is 18.5. The Morgan fingerprint density at radius 3 is 2.39 bits per heavy atom. The number of nitrogens with one attached hydrogen (secondary N) is 2. The Bertz CT molecular complexity index is 346. The minimum Gasteiger partial charge on any atom is -0.396 e. The van der Waals surface area contributed by atoms with Crippen LogP contribution in [0.3, 0.4) is 0 Å². The van der Waals surface area contributed by atoms with Gasteiger partial charge < -0.3 is 20.6 Å². The molecule has 0 aromatic carbocycles. The molecule has 0 spiro atoms. The maximum Gasteiger partial charge on any atom is 0.315 e. The number of carbonyl (C=O) groups is 1. The summed E-state index contributed by atoms with van der Waals surface area (Å²) >= 11 is 0. The van der Waals surface area contributed by atoms with E-state index in [9.17, 15) is 4.79 Å². The van der Waals surface area contributed by atoms with Crippen LogP contribution >= 0.6 is 0 Å². The first-order chi connectivity index (χ1) is 11.1. The average molecular weight is 325 g/mol. The number of nitrogens with zero attached hydrogens (tertiary/aromatic N) is 1. The number of hydrogen-bond donors (Lipinski definition) is 3. The first-order valence-electron chi connectivity index (χ1n) is 9.44. The number of hydrogen-bond acceptors (Lipinski definition) is 3. The lowest BCUT2D eigenvalue weighted by molar-refractivity contribution is 0.139. The van der Waals surface area contributed by atoms with Crippen molar-refractivity contribution in [3.05, 3.63) is 0 Å². The fourth-order valence-electron chi connectivity index (χ4n) is 4.20. The van der Waals surface area contributed by atoms with Crippen molar-refractivity contribution in [2.75, 3.05) is 32.8 Å². The molecule has 2 rings (SSSR count). The van der Waals surface area contributed by atoms with Gasteiger partial charge in [-0.25, -0.2) is 4.79 Å². The van der Waals surface area contributed by atoms with Crippen molar-refractivity contribution in [2.45, 2.75) is 58.4 Å². The molecule has 3 N–H and O–H groups in total. The zero-order valence-electron chi connectivity index (χ0n) is 14.9. The van der Waals surface area contributed by atoms with Gasteiger partial charge in [0.05, 0.1) is 0 Å². The topological polar surface area (TPSA) is 64.6 Å². The zero-order valence-corrected chi connectivity index (χ0v) is 14.9. The minimum absolute atomic E-state index is 0.0298. The van der Waals surface area contributed by atoms with Crippen molar-refractivity contribution in [1.82, 2.24) is 15.5 Å². The smallest absolute Gasteiger partial charge is 0.315 e. The lowest BCUT2D eigenvalue weighted by atomic mass is 9.87. The van der Waals surface area contributed by atoms with Gasteiger partial charge in [0.25, 0.3) is 0 Å². The summed E-state index contributed by atoms with van der Waals surface area (Å²) in [7, 11) is 0. The van der Waals surface area contributed by atoms with E-state index in [1.807, 2.05) is 0 Å². The van der Waals surface area contributed by atoms with Gasteiger partial charge in [-0.15, -0.1) is 0 Å². The van der Waals surface area contributed by atoms with Crippen LogP contribution in [0.15, 0.2) is 0 Å². The lowest BCUT2D eigenvalue weighted by Crippen LogP contribution is -2.45. The molecule has 1 saturated heterocycles. The average Bonchev–Trinajstić information content (AvgIpc) is 2.51. The second kappa shape index (κ2) is 9.48. The largest absolute Gasteiger partial charge is 0.396 e. The van der Waals surface area contributed by atoms with Gasteiger partial charge in [-0.05, 0) is 62.8 Å². The van der Waals surface area contributed by atoms with Crippen molar-refractivity contribution >= 4 is 6.03 Å². The summed E-state index contributed by atoms with van der Waals surface area (Å²) < 4.78 is 0. The van der Waals surface area contributed by atoms with E-state index in [4.69, 9.17) is 5.11 Å². The summed E-state index contributed by atoms with van der Waals surface area (Å²) in [5.74, 6) is 2.03. The van der Waals surface area contributed by atoms with Gasteiger partial charge in [-0.1, -0.05) is 13.8 Å². The van der Waals surface area contributed by atoms with Crippen LogP contribution in [0.1, 0.15) is 52.4 Å². The number of urea groups is 1. The van der Waals surface area contributed by atoms with Crippen molar-refractivity contribution in [1.29, 1.82) is 0 Å². The van der Waals surface area contributed by atoms with Crippen LogP contribution in [-0.4, -0.2) is 54.9 Å². The predicted octanol–water partition coefficient (Wildman–Crippen LogP) is 2.20. The highest BCUT2D eigenvalue weighted by Crippen LogP contribution is 2.23. The normalized spacial score (nSPS) is 32.5. The molecule has 2 aliphatic rings. The van der Waals surface area contributed by atoms with E-state index in [-0.39, 0.29) is 18.7 Å². The van der Waals surface area contributed by atoms with Crippen molar-refractivity contribution < 1.29 is 9.90 Å². The number of aliphatic hydroxyl groups is 1. The van der Waals surface area contributed by atoms with Crippen molar-refractivity contribution in [3.63, 3.8) is 0 Å². The lowest BCUT2D eigenvalue weighted by Gasteiger charge is -2.35. The van der Waals surface area contributed by atoms with Crippen LogP contribution in [0, 0.1) is 17.8 Å². The molecule has 2 amide bonds. The van der Waals surface area contributed by atoms with E-state index in [1.165, 1.54) is 19.5 Å². The molecule has 1 heterocycles. The SMILES string of the molecule is CC1CC(C)CN(CCCNC(=O)NC2CCC(CO)CC2)C1. The summed E-state index contributed by atoms with van der Waals surface area (Å²) in [6, 6.07) is 0.249. The van der Waals surface area contributed by atoms with Gasteiger partial charge in [-0.2, -0.15) is 0 Å². The summed E-state index contributed by atoms with van der Waals surface area (Å²) in [6.45, 7) is 9.18. The third-order valence-electron chi connectivity index (χ3n) is 5.32. The Morgan fingerprint density at radius 1 is 1.13 bits per heavy atom. The fourth-order valence-corrected chi connectivity index (χ4v) is 4.20. The first-order valence-corrected chi connectivity index (χ1v) is 9.44. The Labute approximate surface area is 141 Å². The van der Waals surface area contributed by atoms with Crippen LogP contribution in [0.5, 0.6) is 0 Å². The summed E-state index contributed by atoms with van der Waals surface area (Å²) in [6.07, 6.45) is 6.38. The van der Waals surface area contributed by atoms with Crippen LogP contribution in [-0.2, 0) is 0 Å². The molecule has 23 heavy (non-hydrogen) atoms. The van der Waals surface area contributed by atoms with E-state index in [2.05, 4.69) is 29.4 Å². The fraction of sp³-hybridized carbons (Fsp3) is 0.944. The summed E-state index contributed by atoms with van der Waals surface area (Å²) in [5.41, 5.74) is 0. The third kappa shape index (κ3) is 6.68. The molecule has 2 fully saturated rings. The highest BCUT2D eigenvalue weighted by Gasteiger charge is 2.22. The van der Waals surface area contributed by atoms with E-state index >= 15 is 0 Å². The number of carbonyl (C=O) groups excluding carboxylic acids is 1.